The van der Waals surface area contributed by atoms with Gasteiger partial charge in [0.2, 0.25) is 0 Å². The van der Waals surface area contributed by atoms with Crippen molar-refractivity contribution in [1.82, 2.24) is 14.7 Å². The van der Waals surface area contributed by atoms with E-state index in [1.165, 1.54) is 4.90 Å². The lowest BCUT2D eigenvalue weighted by atomic mass is 9.97. The van der Waals surface area contributed by atoms with Gasteiger partial charge in [-0.15, -0.1) is 0 Å². The van der Waals surface area contributed by atoms with Crippen LogP contribution in [-0.4, -0.2) is 40.3 Å². The fraction of sp³-hybridized carbons (Fsp3) is 0.500. The molecule has 0 N–H and O–H groups in total. The molecule has 1 saturated heterocycles. The Morgan fingerprint density at radius 1 is 1.21 bits per heavy atom. The normalized spacial score (nSPS) is 15.9. The van der Waals surface area contributed by atoms with E-state index in [1.54, 1.807) is 13.8 Å². The summed E-state index contributed by atoms with van der Waals surface area (Å²) in [6.07, 6.45) is -2.21. The molecule has 1 aliphatic rings. The van der Waals surface area contributed by atoms with Gasteiger partial charge in [-0.3, -0.25) is 9.48 Å². The minimum absolute atomic E-state index is 0.268. The van der Waals surface area contributed by atoms with Crippen molar-refractivity contribution in [1.29, 1.82) is 0 Å². The summed E-state index contributed by atoms with van der Waals surface area (Å²) in [4.78, 5) is 14.2. The molecule has 1 amide bonds. The summed E-state index contributed by atoms with van der Waals surface area (Å²) >= 11 is 0. The minimum Gasteiger partial charge on any atom is -0.493 e. The maximum Gasteiger partial charge on any atom is 0.433 e. The topological polar surface area (TPSA) is 47.4 Å². The van der Waals surface area contributed by atoms with Gasteiger partial charge in [0.05, 0.1) is 18.4 Å². The van der Waals surface area contributed by atoms with Crippen molar-refractivity contribution in [2.75, 3.05) is 19.7 Å². The molecule has 1 fully saturated rings. The van der Waals surface area contributed by atoms with Gasteiger partial charge in [0.15, 0.2) is 5.69 Å². The molecule has 1 aromatic heterocycles. The third-order valence-electron chi connectivity index (χ3n) is 4.91. The molecule has 0 aliphatic carbocycles. The minimum atomic E-state index is -4.63. The van der Waals surface area contributed by atoms with Crippen LogP contribution >= 0.6 is 0 Å². The summed E-state index contributed by atoms with van der Waals surface area (Å²) in [6.45, 7) is 4.56. The zero-order valence-electron chi connectivity index (χ0n) is 15.9. The van der Waals surface area contributed by atoms with E-state index in [2.05, 4.69) is 5.10 Å². The van der Waals surface area contributed by atoms with Gasteiger partial charge in [-0.1, -0.05) is 18.2 Å². The van der Waals surface area contributed by atoms with Gasteiger partial charge in [-0.2, -0.15) is 18.3 Å². The highest BCUT2D eigenvalue weighted by molar-refractivity contribution is 5.95. The van der Waals surface area contributed by atoms with Crippen LogP contribution in [0.3, 0.4) is 0 Å². The molecule has 28 heavy (non-hydrogen) atoms. The molecular formula is C20H24F3N3O2. The highest BCUT2D eigenvalue weighted by Gasteiger charge is 2.41. The lowest BCUT2D eigenvalue weighted by Gasteiger charge is -2.32. The second kappa shape index (κ2) is 8.24. The molecule has 8 heteroatoms. The number of aromatic nitrogens is 2. The summed E-state index contributed by atoms with van der Waals surface area (Å²) in [6, 6.07) is 8.97. The smallest absolute Gasteiger partial charge is 0.433 e. The highest BCUT2D eigenvalue weighted by Crippen LogP contribution is 2.34. The van der Waals surface area contributed by atoms with E-state index >= 15 is 0 Å². The molecule has 0 bridgehead atoms. The van der Waals surface area contributed by atoms with Gasteiger partial charge in [0.1, 0.15) is 5.75 Å². The summed E-state index contributed by atoms with van der Waals surface area (Å²) in [7, 11) is 0. The Morgan fingerprint density at radius 3 is 2.43 bits per heavy atom. The number of amides is 1. The Bertz CT molecular complexity index is 795. The first-order chi connectivity index (χ1) is 13.3. The Kier molecular flexibility index (Phi) is 5.96. The molecule has 2 aromatic rings. The number of nitrogens with zero attached hydrogens (tertiary/aromatic N) is 3. The van der Waals surface area contributed by atoms with Crippen molar-refractivity contribution < 1.29 is 22.7 Å². The van der Waals surface area contributed by atoms with Crippen molar-refractivity contribution >= 4 is 5.91 Å². The largest absolute Gasteiger partial charge is 0.493 e. The maximum absolute atomic E-state index is 13.5. The number of rotatable bonds is 5. The van der Waals surface area contributed by atoms with Gasteiger partial charge in [0, 0.05) is 19.1 Å². The third-order valence-corrected chi connectivity index (χ3v) is 4.91. The molecule has 0 atom stereocenters. The standard InChI is InChI=1S/C20H24F3N3O2/c1-14(2)26-18(20(21,22)23)17(12-24-26)19(27)25-10-8-15(9-11-25)13-28-16-6-4-3-5-7-16/h3-7,12,14-15H,8-11,13H2,1-2H3. The number of carbonyl (C=O) groups excluding carboxylic acids is 1. The molecule has 0 unspecified atom stereocenters. The molecule has 3 rings (SSSR count). The van der Waals surface area contributed by atoms with Gasteiger partial charge >= 0.3 is 6.18 Å². The van der Waals surface area contributed by atoms with Gasteiger partial charge in [0.25, 0.3) is 5.91 Å². The number of benzene rings is 1. The summed E-state index contributed by atoms with van der Waals surface area (Å²) < 4.78 is 47.1. The van der Waals surface area contributed by atoms with E-state index in [4.69, 9.17) is 4.74 Å². The number of hydrogen-bond donors (Lipinski definition) is 0. The number of halogens is 3. The average Bonchev–Trinajstić information content (AvgIpc) is 3.13. The van der Waals surface area contributed by atoms with Crippen molar-refractivity contribution in [3.8, 4) is 5.75 Å². The first-order valence-electron chi connectivity index (χ1n) is 9.39. The number of carbonyl (C=O) groups is 1. The van der Waals surface area contributed by atoms with Crippen LogP contribution in [0.2, 0.25) is 0 Å². The molecule has 1 aliphatic heterocycles. The van der Waals surface area contributed by atoms with Gasteiger partial charge in [-0.25, -0.2) is 0 Å². The number of alkyl halides is 3. The fourth-order valence-corrected chi connectivity index (χ4v) is 3.40. The molecule has 0 radical (unpaired) electrons. The number of piperidine rings is 1. The van der Waals surface area contributed by atoms with Crippen molar-refractivity contribution in [2.45, 2.75) is 38.9 Å². The quantitative estimate of drug-likeness (QED) is 0.753. The fourth-order valence-electron chi connectivity index (χ4n) is 3.40. The Balaban J connectivity index is 1.63. The van der Waals surface area contributed by atoms with Crippen LogP contribution in [-0.2, 0) is 6.18 Å². The Hall–Kier alpha value is -2.51. The first kappa shape index (κ1) is 20.2. The molecule has 0 saturated carbocycles. The number of ether oxygens (including phenoxy) is 1. The van der Waals surface area contributed by atoms with E-state index in [0.717, 1.165) is 16.6 Å². The molecule has 2 heterocycles. The second-order valence-electron chi connectivity index (χ2n) is 7.30. The number of para-hydroxylation sites is 1. The Labute approximate surface area is 162 Å². The van der Waals surface area contributed by atoms with E-state index in [-0.39, 0.29) is 11.5 Å². The predicted molar refractivity (Wildman–Crippen MR) is 98.2 cm³/mol. The van der Waals surface area contributed by atoms with E-state index in [0.29, 0.717) is 32.5 Å². The van der Waals surface area contributed by atoms with Crippen LogP contribution in [0.25, 0.3) is 0 Å². The lowest BCUT2D eigenvalue weighted by Crippen LogP contribution is -2.40. The highest BCUT2D eigenvalue weighted by atomic mass is 19.4. The first-order valence-corrected chi connectivity index (χ1v) is 9.39. The maximum atomic E-state index is 13.5. The van der Waals surface area contributed by atoms with Crippen LogP contribution in [0.5, 0.6) is 5.75 Å². The number of likely N-dealkylation sites (tertiary alicyclic amines) is 1. The van der Waals surface area contributed by atoms with Crippen LogP contribution in [0, 0.1) is 5.92 Å². The van der Waals surface area contributed by atoms with Crippen LogP contribution in [0.1, 0.15) is 48.8 Å². The second-order valence-corrected chi connectivity index (χ2v) is 7.30. The van der Waals surface area contributed by atoms with E-state index < -0.39 is 23.8 Å². The van der Waals surface area contributed by atoms with Crippen molar-refractivity contribution in [3.05, 3.63) is 47.8 Å². The molecule has 0 spiro atoms. The van der Waals surface area contributed by atoms with Crippen LogP contribution in [0.15, 0.2) is 36.5 Å². The summed E-state index contributed by atoms with van der Waals surface area (Å²) in [5, 5.41) is 3.81. The van der Waals surface area contributed by atoms with E-state index in [1.807, 2.05) is 30.3 Å². The summed E-state index contributed by atoms with van der Waals surface area (Å²) in [5.41, 5.74) is -1.35. The van der Waals surface area contributed by atoms with Crippen LogP contribution in [0.4, 0.5) is 13.2 Å². The van der Waals surface area contributed by atoms with E-state index in [9.17, 15) is 18.0 Å². The van der Waals surface area contributed by atoms with Crippen molar-refractivity contribution in [2.24, 2.45) is 5.92 Å². The monoisotopic (exact) mass is 395 g/mol. The zero-order chi connectivity index (χ0) is 20.3. The third kappa shape index (κ3) is 4.48. The molecule has 5 nitrogen and oxygen atoms in total. The van der Waals surface area contributed by atoms with Gasteiger partial charge < -0.3 is 9.64 Å². The average molecular weight is 395 g/mol. The molecular weight excluding hydrogens is 371 g/mol. The Morgan fingerprint density at radius 2 is 1.86 bits per heavy atom. The zero-order valence-corrected chi connectivity index (χ0v) is 15.9. The molecule has 152 valence electrons. The molecule has 1 aromatic carbocycles. The predicted octanol–water partition coefficient (Wildman–Crippen LogP) is 4.41. The lowest BCUT2D eigenvalue weighted by molar-refractivity contribution is -0.145. The number of hydrogen-bond acceptors (Lipinski definition) is 3. The van der Waals surface area contributed by atoms with Crippen molar-refractivity contribution in [3.63, 3.8) is 0 Å². The summed E-state index contributed by atoms with van der Waals surface area (Å²) in [5.74, 6) is 0.448. The SMILES string of the molecule is CC(C)n1ncc(C(=O)N2CCC(COc3ccccc3)CC2)c1C(F)(F)F. The van der Waals surface area contributed by atoms with Gasteiger partial charge in [-0.05, 0) is 44.7 Å². The van der Waals surface area contributed by atoms with Crippen LogP contribution < -0.4 is 4.74 Å².